The van der Waals surface area contributed by atoms with Crippen LogP contribution in [-0.4, -0.2) is 48.6 Å². The van der Waals surface area contributed by atoms with E-state index in [0.717, 1.165) is 33.2 Å². The van der Waals surface area contributed by atoms with E-state index in [1.165, 1.54) is 0 Å². The van der Waals surface area contributed by atoms with Crippen molar-refractivity contribution in [1.82, 2.24) is 14.4 Å². The molecule has 4 rings (SSSR count). The highest BCUT2D eigenvalue weighted by Crippen LogP contribution is 2.28. The van der Waals surface area contributed by atoms with Gasteiger partial charge in [0.15, 0.2) is 0 Å². The van der Waals surface area contributed by atoms with Crippen molar-refractivity contribution in [2.75, 3.05) is 25.1 Å². The molecule has 0 unspecified atom stereocenters. The zero-order valence-electron chi connectivity index (χ0n) is 14.8. The number of imidazole rings is 1. The first-order chi connectivity index (χ1) is 12.5. The van der Waals surface area contributed by atoms with Crippen LogP contribution in [0.3, 0.4) is 0 Å². The van der Waals surface area contributed by atoms with Gasteiger partial charge in [-0.25, -0.2) is 9.37 Å². The number of hydrogen-bond donors (Lipinski definition) is 1. The van der Waals surface area contributed by atoms with Crippen molar-refractivity contribution in [1.29, 1.82) is 0 Å². The van der Waals surface area contributed by atoms with Gasteiger partial charge < -0.3 is 9.64 Å². The SMILES string of the molecule is Bc1cc(OC)cc(S)c1-c1cn2ccc(N3CCC(F)CC3)nc2n1. The fraction of sp³-hybridized carbons (Fsp3) is 0.333. The monoisotopic (exact) mass is 370 g/mol. The molecule has 0 atom stereocenters. The summed E-state index contributed by atoms with van der Waals surface area (Å²) >= 11 is 4.60. The van der Waals surface area contributed by atoms with E-state index < -0.39 is 6.17 Å². The van der Waals surface area contributed by atoms with Crippen LogP contribution in [0.1, 0.15) is 12.8 Å². The van der Waals surface area contributed by atoms with Gasteiger partial charge in [0, 0.05) is 35.9 Å². The molecule has 26 heavy (non-hydrogen) atoms. The number of rotatable bonds is 3. The van der Waals surface area contributed by atoms with Crippen LogP contribution in [0.2, 0.25) is 0 Å². The number of ether oxygens (including phenoxy) is 1. The molecular weight excluding hydrogens is 350 g/mol. The van der Waals surface area contributed by atoms with Crippen molar-refractivity contribution in [2.45, 2.75) is 23.9 Å². The first-order valence-corrected chi connectivity index (χ1v) is 9.12. The lowest BCUT2D eigenvalue weighted by Crippen LogP contribution is -2.34. The Morgan fingerprint density at radius 1 is 1.27 bits per heavy atom. The lowest BCUT2D eigenvalue weighted by Gasteiger charge is -2.29. The molecule has 8 heteroatoms. The van der Waals surface area contributed by atoms with Gasteiger partial charge in [-0.15, -0.1) is 12.6 Å². The third-order valence-corrected chi connectivity index (χ3v) is 5.19. The Labute approximate surface area is 158 Å². The van der Waals surface area contributed by atoms with Crippen molar-refractivity contribution in [3.8, 4) is 17.0 Å². The van der Waals surface area contributed by atoms with Gasteiger partial charge in [0.1, 0.15) is 25.6 Å². The summed E-state index contributed by atoms with van der Waals surface area (Å²) in [6.07, 6.45) is 4.32. The van der Waals surface area contributed by atoms with Crippen molar-refractivity contribution in [3.05, 3.63) is 30.6 Å². The lowest BCUT2D eigenvalue weighted by molar-refractivity contribution is 0.277. The molecule has 1 aliphatic rings. The maximum Gasteiger partial charge on any atom is 0.236 e. The van der Waals surface area contributed by atoms with E-state index in [1.54, 1.807) is 7.11 Å². The molecule has 0 radical (unpaired) electrons. The van der Waals surface area contributed by atoms with Crippen LogP contribution in [0.25, 0.3) is 17.0 Å². The number of alkyl halides is 1. The maximum atomic E-state index is 13.4. The largest absolute Gasteiger partial charge is 0.497 e. The number of anilines is 1. The van der Waals surface area contributed by atoms with E-state index in [-0.39, 0.29) is 0 Å². The predicted molar refractivity (Wildman–Crippen MR) is 107 cm³/mol. The molecule has 5 nitrogen and oxygen atoms in total. The zero-order chi connectivity index (χ0) is 18.3. The van der Waals surface area contributed by atoms with E-state index in [2.05, 4.69) is 22.5 Å². The third kappa shape index (κ3) is 3.14. The number of methoxy groups -OCH3 is 1. The molecule has 0 N–H and O–H groups in total. The van der Waals surface area contributed by atoms with Gasteiger partial charge in [-0.05, 0) is 31.0 Å². The first-order valence-electron chi connectivity index (χ1n) is 8.68. The minimum atomic E-state index is -0.695. The highest BCUT2D eigenvalue weighted by atomic mass is 32.1. The second kappa shape index (κ2) is 6.83. The van der Waals surface area contributed by atoms with Crippen LogP contribution in [0, 0.1) is 0 Å². The summed E-state index contributed by atoms with van der Waals surface area (Å²) in [6.45, 7) is 1.38. The van der Waals surface area contributed by atoms with Crippen LogP contribution in [-0.2, 0) is 0 Å². The molecule has 0 amide bonds. The van der Waals surface area contributed by atoms with E-state index in [9.17, 15) is 4.39 Å². The molecular formula is C18H20BFN4OS. The summed E-state index contributed by atoms with van der Waals surface area (Å²) in [6, 6.07) is 5.81. The van der Waals surface area contributed by atoms with Gasteiger partial charge in [0.2, 0.25) is 5.78 Å². The minimum absolute atomic E-state index is 0.556. The van der Waals surface area contributed by atoms with Crippen molar-refractivity contribution < 1.29 is 9.13 Å². The van der Waals surface area contributed by atoms with E-state index >= 15 is 0 Å². The molecule has 3 heterocycles. The molecule has 0 aliphatic carbocycles. The van der Waals surface area contributed by atoms with Gasteiger partial charge in [-0.2, -0.15) is 4.98 Å². The standard InChI is InChI=1S/C18H20BFN4OS/c1-25-12-8-13(19)17(15(26)9-12)14-10-24-7-4-16(22-18(24)21-14)23-5-2-11(20)3-6-23/h4,7-11,26H,2-3,5-6,19H2,1H3. The van der Waals surface area contributed by atoms with Crippen LogP contribution >= 0.6 is 12.6 Å². The molecule has 1 fully saturated rings. The molecule has 134 valence electrons. The highest BCUT2D eigenvalue weighted by Gasteiger charge is 2.20. The normalized spacial score (nSPS) is 15.6. The molecule has 3 aromatic rings. The van der Waals surface area contributed by atoms with Crippen LogP contribution < -0.4 is 15.1 Å². The Balaban J connectivity index is 1.70. The van der Waals surface area contributed by atoms with Crippen molar-refractivity contribution in [2.24, 2.45) is 0 Å². The highest BCUT2D eigenvalue weighted by molar-refractivity contribution is 7.80. The Hall–Kier alpha value is -2.22. The predicted octanol–water partition coefficient (Wildman–Crippen LogP) is 1.89. The molecule has 0 bridgehead atoms. The first kappa shape index (κ1) is 17.2. The topological polar surface area (TPSA) is 42.7 Å². The average molecular weight is 370 g/mol. The summed E-state index contributed by atoms with van der Waals surface area (Å²) in [4.78, 5) is 12.3. The van der Waals surface area contributed by atoms with Gasteiger partial charge in [0.25, 0.3) is 0 Å². The van der Waals surface area contributed by atoms with Crippen molar-refractivity contribution >= 4 is 37.5 Å². The average Bonchev–Trinajstić information content (AvgIpc) is 3.04. The second-order valence-corrected chi connectivity index (χ2v) is 7.10. The molecule has 1 saturated heterocycles. The lowest BCUT2D eigenvalue weighted by atomic mass is 9.89. The number of aromatic nitrogens is 3. The summed E-state index contributed by atoms with van der Waals surface area (Å²) < 4.78 is 20.6. The van der Waals surface area contributed by atoms with Gasteiger partial charge in [-0.3, -0.25) is 4.40 Å². The Morgan fingerprint density at radius 2 is 2.04 bits per heavy atom. The van der Waals surface area contributed by atoms with Crippen LogP contribution in [0.5, 0.6) is 5.75 Å². The third-order valence-electron chi connectivity index (χ3n) is 4.84. The summed E-state index contributed by atoms with van der Waals surface area (Å²) in [7, 11) is 3.66. The number of piperidine rings is 1. The van der Waals surface area contributed by atoms with Crippen LogP contribution in [0.15, 0.2) is 35.5 Å². The number of thiol groups is 1. The number of benzene rings is 1. The molecule has 1 aromatic carbocycles. The minimum Gasteiger partial charge on any atom is -0.497 e. The summed E-state index contributed by atoms with van der Waals surface area (Å²) in [5, 5.41) is 0. The van der Waals surface area contributed by atoms with Crippen LogP contribution in [0.4, 0.5) is 10.2 Å². The van der Waals surface area contributed by atoms with E-state index in [0.29, 0.717) is 31.7 Å². The fourth-order valence-electron chi connectivity index (χ4n) is 3.42. The van der Waals surface area contributed by atoms with Gasteiger partial charge in [0.05, 0.1) is 12.8 Å². The molecule has 2 aromatic heterocycles. The van der Waals surface area contributed by atoms with E-state index in [4.69, 9.17) is 9.72 Å². The number of halogens is 1. The summed E-state index contributed by atoms with van der Waals surface area (Å²) in [5.41, 5.74) is 2.84. The fourth-order valence-corrected chi connectivity index (χ4v) is 3.84. The second-order valence-electron chi connectivity index (χ2n) is 6.62. The number of nitrogens with zero attached hydrogens (tertiary/aromatic N) is 4. The van der Waals surface area contributed by atoms with Gasteiger partial charge >= 0.3 is 0 Å². The molecule has 0 saturated carbocycles. The Kier molecular flexibility index (Phi) is 4.52. The Morgan fingerprint density at radius 3 is 2.73 bits per heavy atom. The van der Waals surface area contributed by atoms with E-state index in [1.807, 2.05) is 42.8 Å². The zero-order valence-corrected chi connectivity index (χ0v) is 15.7. The number of fused-ring (bicyclic) bond motifs is 1. The molecule has 0 spiro atoms. The Bertz CT molecular complexity index is 933. The number of hydrogen-bond acceptors (Lipinski definition) is 5. The quantitative estimate of drug-likeness (QED) is 0.565. The smallest absolute Gasteiger partial charge is 0.236 e. The molecule has 1 aliphatic heterocycles. The van der Waals surface area contributed by atoms with Crippen molar-refractivity contribution in [3.63, 3.8) is 0 Å². The van der Waals surface area contributed by atoms with Gasteiger partial charge in [-0.1, -0.05) is 5.46 Å². The summed E-state index contributed by atoms with van der Waals surface area (Å²) in [5.74, 6) is 2.25. The maximum absolute atomic E-state index is 13.4.